The summed E-state index contributed by atoms with van der Waals surface area (Å²) in [5.41, 5.74) is 1.44. The Kier molecular flexibility index (Phi) is 3.44. The Morgan fingerprint density at radius 2 is 2.05 bits per heavy atom. The molecule has 0 saturated heterocycles. The molecule has 3 nitrogen and oxygen atoms in total. The third-order valence-corrected chi connectivity index (χ3v) is 4.29. The van der Waals surface area contributed by atoms with E-state index in [0.29, 0.717) is 11.6 Å². The molecule has 0 unspecified atom stereocenters. The average molecular weight is 291 g/mol. The number of carbonyl (C=O) groups is 1. The second-order valence-corrected chi connectivity index (χ2v) is 5.82. The highest BCUT2D eigenvalue weighted by Gasteiger charge is 2.25. The smallest absolute Gasteiger partial charge is 0.340 e. The molecule has 1 aliphatic carbocycles. The molecule has 1 saturated carbocycles. The monoisotopic (exact) mass is 291 g/mol. The Labute approximate surface area is 120 Å². The highest BCUT2D eigenvalue weighted by atomic mass is 32.1. The lowest BCUT2D eigenvalue weighted by atomic mass is 10.1. The van der Waals surface area contributed by atoms with Gasteiger partial charge in [-0.15, -0.1) is 11.3 Å². The van der Waals surface area contributed by atoms with E-state index >= 15 is 0 Å². The molecule has 104 valence electrons. The molecule has 1 fully saturated rings. The van der Waals surface area contributed by atoms with E-state index in [4.69, 9.17) is 4.74 Å². The number of rotatable bonds is 4. The summed E-state index contributed by atoms with van der Waals surface area (Å²) in [6, 6.07) is 8.51. The minimum atomic E-state index is -0.349. The molecule has 0 atom stereocenters. The predicted molar refractivity (Wildman–Crippen MR) is 77.7 cm³/mol. The fourth-order valence-electron chi connectivity index (χ4n) is 1.93. The number of esters is 1. The largest absolute Gasteiger partial charge is 0.465 e. The summed E-state index contributed by atoms with van der Waals surface area (Å²) in [6.07, 6.45) is 2.26. The van der Waals surface area contributed by atoms with E-state index in [0.717, 1.165) is 28.3 Å². The van der Waals surface area contributed by atoms with Crippen molar-refractivity contribution in [3.63, 3.8) is 0 Å². The molecule has 5 heteroatoms. The normalized spacial score (nSPS) is 14.1. The molecule has 0 spiro atoms. The van der Waals surface area contributed by atoms with Gasteiger partial charge in [-0.1, -0.05) is 12.1 Å². The Bertz CT molecular complexity index is 632. The molecule has 0 aliphatic heterocycles. The van der Waals surface area contributed by atoms with Crippen LogP contribution in [0.5, 0.6) is 0 Å². The zero-order valence-electron chi connectivity index (χ0n) is 11.0. The van der Waals surface area contributed by atoms with Gasteiger partial charge in [0.25, 0.3) is 0 Å². The fraction of sp³-hybridized carbons (Fsp3) is 0.267. The van der Waals surface area contributed by atoms with Crippen LogP contribution in [0.15, 0.2) is 30.3 Å². The van der Waals surface area contributed by atoms with Crippen LogP contribution in [0.1, 0.15) is 23.2 Å². The molecule has 1 heterocycles. The van der Waals surface area contributed by atoms with Crippen LogP contribution in [-0.2, 0) is 4.74 Å². The number of ether oxygens (including phenoxy) is 1. The molecule has 1 aliphatic rings. The van der Waals surface area contributed by atoms with Gasteiger partial charge in [0.15, 0.2) is 0 Å². The Morgan fingerprint density at radius 1 is 1.35 bits per heavy atom. The number of methoxy groups -OCH3 is 1. The quantitative estimate of drug-likeness (QED) is 0.868. The molecular formula is C15H14FNO2S. The highest BCUT2D eigenvalue weighted by molar-refractivity contribution is 7.19. The Morgan fingerprint density at radius 3 is 2.65 bits per heavy atom. The topological polar surface area (TPSA) is 38.3 Å². The first-order chi connectivity index (χ1) is 9.67. The summed E-state index contributed by atoms with van der Waals surface area (Å²) in [7, 11) is 1.37. The van der Waals surface area contributed by atoms with Gasteiger partial charge in [-0.05, 0) is 36.6 Å². The second kappa shape index (κ2) is 5.25. The first kappa shape index (κ1) is 13.1. The van der Waals surface area contributed by atoms with Crippen molar-refractivity contribution in [2.45, 2.75) is 18.9 Å². The number of nitrogens with one attached hydrogen (secondary N) is 1. The van der Waals surface area contributed by atoms with Gasteiger partial charge in [0.05, 0.1) is 12.7 Å². The highest BCUT2D eigenvalue weighted by Crippen LogP contribution is 2.38. The molecule has 2 aromatic rings. The zero-order chi connectivity index (χ0) is 14.1. The van der Waals surface area contributed by atoms with Crippen LogP contribution >= 0.6 is 11.3 Å². The summed E-state index contributed by atoms with van der Waals surface area (Å²) < 4.78 is 17.8. The molecule has 3 rings (SSSR count). The second-order valence-electron chi connectivity index (χ2n) is 4.77. The SMILES string of the molecule is COC(=O)c1cc(-c2ccc(F)cc2)sc1NC1CC1. The van der Waals surface area contributed by atoms with E-state index in [1.807, 2.05) is 0 Å². The lowest BCUT2D eigenvalue weighted by Gasteiger charge is -2.03. The van der Waals surface area contributed by atoms with Crippen LogP contribution in [0, 0.1) is 5.82 Å². The van der Waals surface area contributed by atoms with E-state index in [9.17, 15) is 9.18 Å². The molecule has 20 heavy (non-hydrogen) atoms. The summed E-state index contributed by atoms with van der Waals surface area (Å²) >= 11 is 1.50. The van der Waals surface area contributed by atoms with Crippen LogP contribution in [0.25, 0.3) is 10.4 Å². The maximum atomic E-state index is 13.0. The van der Waals surface area contributed by atoms with Crippen molar-refractivity contribution in [1.29, 1.82) is 0 Å². The van der Waals surface area contributed by atoms with Gasteiger partial charge in [0.2, 0.25) is 0 Å². The minimum Gasteiger partial charge on any atom is -0.465 e. The van der Waals surface area contributed by atoms with Crippen LogP contribution in [-0.4, -0.2) is 19.1 Å². The summed E-state index contributed by atoms with van der Waals surface area (Å²) in [6.45, 7) is 0. The van der Waals surface area contributed by atoms with Crippen molar-refractivity contribution in [2.75, 3.05) is 12.4 Å². The first-order valence-electron chi connectivity index (χ1n) is 6.42. The van der Waals surface area contributed by atoms with Crippen molar-refractivity contribution in [2.24, 2.45) is 0 Å². The van der Waals surface area contributed by atoms with Crippen molar-refractivity contribution in [3.8, 4) is 10.4 Å². The molecule has 1 aromatic carbocycles. The van der Waals surface area contributed by atoms with E-state index in [-0.39, 0.29) is 11.8 Å². The molecular weight excluding hydrogens is 277 g/mol. The van der Waals surface area contributed by atoms with Crippen LogP contribution in [0.4, 0.5) is 9.39 Å². The summed E-state index contributed by atoms with van der Waals surface area (Å²) in [5, 5.41) is 4.18. The summed E-state index contributed by atoms with van der Waals surface area (Å²) in [4.78, 5) is 12.7. The van der Waals surface area contributed by atoms with E-state index in [2.05, 4.69) is 5.32 Å². The number of halogens is 1. The van der Waals surface area contributed by atoms with Gasteiger partial charge in [-0.3, -0.25) is 0 Å². The molecule has 0 bridgehead atoms. The van der Waals surface area contributed by atoms with Gasteiger partial charge in [-0.2, -0.15) is 0 Å². The van der Waals surface area contributed by atoms with Crippen LogP contribution < -0.4 is 5.32 Å². The molecule has 1 aromatic heterocycles. The standard InChI is InChI=1S/C15H14FNO2S/c1-19-15(18)12-8-13(9-2-4-10(16)5-3-9)20-14(12)17-11-6-7-11/h2-5,8,11,17H,6-7H2,1H3. The Balaban J connectivity index is 1.96. The van der Waals surface area contributed by atoms with Gasteiger partial charge in [-0.25, -0.2) is 9.18 Å². The molecule has 0 radical (unpaired) electrons. The number of hydrogen-bond donors (Lipinski definition) is 1. The minimum absolute atomic E-state index is 0.269. The average Bonchev–Trinajstić information content (AvgIpc) is 3.17. The fourth-order valence-corrected chi connectivity index (χ4v) is 3.06. The third kappa shape index (κ3) is 2.67. The summed E-state index contributed by atoms with van der Waals surface area (Å²) in [5.74, 6) is -0.618. The van der Waals surface area contributed by atoms with Crippen molar-refractivity contribution in [3.05, 3.63) is 41.7 Å². The number of carbonyl (C=O) groups excluding carboxylic acids is 1. The van der Waals surface area contributed by atoms with Crippen molar-refractivity contribution < 1.29 is 13.9 Å². The van der Waals surface area contributed by atoms with E-state index < -0.39 is 0 Å². The lowest BCUT2D eigenvalue weighted by molar-refractivity contribution is 0.0602. The van der Waals surface area contributed by atoms with E-state index in [1.165, 1.54) is 30.6 Å². The first-order valence-corrected chi connectivity index (χ1v) is 7.23. The van der Waals surface area contributed by atoms with Gasteiger partial charge >= 0.3 is 5.97 Å². The number of anilines is 1. The zero-order valence-corrected chi connectivity index (χ0v) is 11.8. The van der Waals surface area contributed by atoms with Gasteiger partial charge in [0, 0.05) is 10.9 Å². The maximum Gasteiger partial charge on any atom is 0.340 e. The maximum absolute atomic E-state index is 13.0. The lowest BCUT2D eigenvalue weighted by Crippen LogP contribution is -2.06. The third-order valence-electron chi connectivity index (χ3n) is 3.18. The van der Waals surface area contributed by atoms with Crippen molar-refractivity contribution in [1.82, 2.24) is 0 Å². The van der Waals surface area contributed by atoms with E-state index in [1.54, 1.807) is 18.2 Å². The number of benzene rings is 1. The van der Waals surface area contributed by atoms with Crippen LogP contribution in [0.3, 0.4) is 0 Å². The molecule has 1 N–H and O–H groups in total. The van der Waals surface area contributed by atoms with Gasteiger partial charge < -0.3 is 10.1 Å². The molecule has 0 amide bonds. The van der Waals surface area contributed by atoms with Crippen molar-refractivity contribution >= 4 is 22.3 Å². The Hall–Kier alpha value is -1.88. The number of thiophene rings is 1. The number of hydrogen-bond acceptors (Lipinski definition) is 4. The van der Waals surface area contributed by atoms with Crippen LogP contribution in [0.2, 0.25) is 0 Å². The predicted octanol–water partition coefficient (Wildman–Crippen LogP) is 3.92. The van der Waals surface area contributed by atoms with Gasteiger partial charge in [0.1, 0.15) is 10.8 Å².